The molecule has 0 spiro atoms. The molecule has 0 heterocycles. The first-order valence-corrected chi connectivity index (χ1v) is 10.3. The van der Waals surface area contributed by atoms with Crippen LogP contribution in [0.2, 0.25) is 0 Å². The van der Waals surface area contributed by atoms with Gasteiger partial charge in [0.15, 0.2) is 0 Å². The summed E-state index contributed by atoms with van der Waals surface area (Å²) < 4.78 is 0.0903. The van der Waals surface area contributed by atoms with Gasteiger partial charge >= 0.3 is 0 Å². The molecule has 26 heavy (non-hydrogen) atoms. The van der Waals surface area contributed by atoms with Crippen LogP contribution in [0, 0.1) is 21.2 Å². The van der Waals surface area contributed by atoms with E-state index in [9.17, 15) is 5.21 Å². The lowest BCUT2D eigenvalue weighted by Gasteiger charge is -2.25. The second-order valence-electron chi connectivity index (χ2n) is 7.79. The second kappa shape index (κ2) is 18.9. The molecule has 1 atom stereocenters. The number of nitrogens with zero attached hydrogens (tertiary/aromatic N) is 2. The van der Waals surface area contributed by atoms with Crippen molar-refractivity contribution in [3.05, 3.63) is 15.3 Å². The van der Waals surface area contributed by atoms with Crippen LogP contribution in [0.5, 0.6) is 0 Å². The Morgan fingerprint density at radius 1 is 0.885 bits per heavy atom. The average Bonchev–Trinajstić information content (AvgIpc) is 2.52. The third kappa shape index (κ3) is 27.9. The zero-order chi connectivity index (χ0) is 20.3. The fraction of sp³-hybridized carbons (Fsp3) is 1.00. The number of unbranched alkanes of at least 4 members (excludes halogenated alkanes) is 9. The maximum absolute atomic E-state index is 9.95. The van der Waals surface area contributed by atoms with Crippen LogP contribution in [0.25, 0.3) is 0 Å². The lowest BCUT2D eigenvalue weighted by molar-refractivity contribution is -1.07. The monoisotopic (exact) mass is 377 g/mol. The minimum Gasteiger partial charge on any atom is -0.356 e. The molecule has 0 aromatic carbocycles. The Morgan fingerprint density at radius 2 is 1.27 bits per heavy atom. The lowest BCUT2D eigenvalue weighted by Crippen LogP contribution is -2.40. The Kier molecular flexibility index (Phi) is 19.8. The normalized spacial score (nSPS) is 12.3. The standard InChI is InChI=1S/C19H43N2O.NO3/c1-4-5-6-7-8-9-10-11-12-13-15-19(16-14-17-20)18-21(2,3)22;2-1(3)4/h19,22H,4-18,20H2,1-3H3;/q+1;-1. The van der Waals surface area contributed by atoms with Gasteiger partial charge in [-0.1, -0.05) is 71.1 Å². The molecule has 0 fully saturated rings. The minimum atomic E-state index is -1.75. The number of hydrogen-bond acceptors (Lipinski definition) is 5. The van der Waals surface area contributed by atoms with E-state index >= 15 is 0 Å². The van der Waals surface area contributed by atoms with E-state index in [2.05, 4.69) is 6.92 Å². The zero-order valence-corrected chi connectivity index (χ0v) is 17.3. The molecule has 0 aliphatic rings. The smallest absolute Gasteiger partial charge is 0.111 e. The Labute approximate surface area is 160 Å². The molecule has 0 saturated heterocycles. The molecule has 0 amide bonds. The topological polar surface area (TPSA) is 112 Å². The highest BCUT2D eigenvalue weighted by Crippen LogP contribution is 2.19. The van der Waals surface area contributed by atoms with E-state index < -0.39 is 5.09 Å². The summed E-state index contributed by atoms with van der Waals surface area (Å²) in [5.74, 6) is 0.623. The Bertz CT molecular complexity index is 306. The van der Waals surface area contributed by atoms with Gasteiger partial charge in [-0.3, -0.25) is 0 Å². The maximum Gasteiger partial charge on any atom is 0.111 e. The molecule has 0 saturated carbocycles. The molecular formula is C19H43N3O4. The summed E-state index contributed by atoms with van der Waals surface area (Å²) in [4.78, 5) is 8.25. The van der Waals surface area contributed by atoms with E-state index in [0.717, 1.165) is 25.9 Å². The molecular weight excluding hydrogens is 334 g/mol. The van der Waals surface area contributed by atoms with Crippen LogP contribution in [0.4, 0.5) is 0 Å². The van der Waals surface area contributed by atoms with Gasteiger partial charge in [0.1, 0.15) is 6.54 Å². The van der Waals surface area contributed by atoms with Gasteiger partial charge in [-0.15, -0.1) is 0 Å². The van der Waals surface area contributed by atoms with E-state index in [-0.39, 0.29) is 4.65 Å². The van der Waals surface area contributed by atoms with Crippen molar-refractivity contribution in [2.75, 3.05) is 27.2 Å². The number of nitrogens with two attached hydrogens (primary N) is 1. The van der Waals surface area contributed by atoms with E-state index in [1.807, 2.05) is 14.1 Å². The fourth-order valence-electron chi connectivity index (χ4n) is 3.29. The van der Waals surface area contributed by atoms with E-state index in [0.29, 0.717) is 5.92 Å². The first-order chi connectivity index (χ1) is 12.2. The third-order valence-corrected chi connectivity index (χ3v) is 4.49. The maximum atomic E-state index is 9.95. The molecule has 1 unspecified atom stereocenters. The zero-order valence-electron chi connectivity index (χ0n) is 17.3. The molecule has 0 bridgehead atoms. The van der Waals surface area contributed by atoms with Gasteiger partial charge < -0.3 is 21.1 Å². The van der Waals surface area contributed by atoms with E-state index in [1.165, 1.54) is 70.6 Å². The van der Waals surface area contributed by atoms with Crippen molar-refractivity contribution in [1.82, 2.24) is 0 Å². The molecule has 0 rings (SSSR count). The van der Waals surface area contributed by atoms with Crippen LogP contribution in [0.15, 0.2) is 0 Å². The van der Waals surface area contributed by atoms with Gasteiger partial charge in [0.05, 0.1) is 19.2 Å². The fourth-order valence-corrected chi connectivity index (χ4v) is 3.29. The van der Waals surface area contributed by atoms with Crippen molar-refractivity contribution in [2.24, 2.45) is 11.7 Å². The van der Waals surface area contributed by atoms with Gasteiger partial charge in [0, 0.05) is 5.92 Å². The summed E-state index contributed by atoms with van der Waals surface area (Å²) >= 11 is 0. The van der Waals surface area contributed by atoms with Crippen molar-refractivity contribution in [3.63, 3.8) is 0 Å². The summed E-state index contributed by atoms with van der Waals surface area (Å²) in [6, 6.07) is 0. The quantitative estimate of drug-likeness (QED) is 0.172. The Morgan fingerprint density at radius 3 is 1.65 bits per heavy atom. The Balaban J connectivity index is 0. The molecule has 7 nitrogen and oxygen atoms in total. The highest BCUT2D eigenvalue weighted by Gasteiger charge is 2.19. The third-order valence-electron chi connectivity index (χ3n) is 4.49. The lowest BCUT2D eigenvalue weighted by atomic mass is 9.95. The second-order valence-corrected chi connectivity index (χ2v) is 7.79. The molecule has 0 radical (unpaired) electrons. The molecule has 3 N–H and O–H groups in total. The van der Waals surface area contributed by atoms with Gasteiger partial charge in [0.2, 0.25) is 0 Å². The summed E-state index contributed by atoms with van der Waals surface area (Å²) in [6.45, 7) is 3.91. The summed E-state index contributed by atoms with van der Waals surface area (Å²) in [5.41, 5.74) is 5.63. The summed E-state index contributed by atoms with van der Waals surface area (Å²) in [5, 5.41) is 24.7. The van der Waals surface area contributed by atoms with Gasteiger partial charge in [-0.25, -0.2) is 5.21 Å². The van der Waals surface area contributed by atoms with Crippen LogP contribution >= 0.6 is 0 Å². The van der Waals surface area contributed by atoms with Gasteiger partial charge in [0.25, 0.3) is 0 Å². The number of quaternary nitrogens is 1. The van der Waals surface area contributed by atoms with Crippen molar-refractivity contribution < 1.29 is 14.9 Å². The summed E-state index contributed by atoms with van der Waals surface area (Å²) in [7, 11) is 3.74. The van der Waals surface area contributed by atoms with Crippen LogP contribution in [0.3, 0.4) is 0 Å². The molecule has 0 aliphatic heterocycles. The predicted molar refractivity (Wildman–Crippen MR) is 107 cm³/mol. The molecule has 158 valence electrons. The van der Waals surface area contributed by atoms with Crippen molar-refractivity contribution >= 4 is 0 Å². The van der Waals surface area contributed by atoms with Gasteiger partial charge in [-0.2, -0.15) is 4.65 Å². The van der Waals surface area contributed by atoms with Crippen molar-refractivity contribution in [1.29, 1.82) is 0 Å². The first-order valence-electron chi connectivity index (χ1n) is 10.3. The number of hydroxylamine groups is 3. The van der Waals surface area contributed by atoms with Gasteiger partial charge in [-0.05, 0) is 25.8 Å². The number of hydrogen-bond donors (Lipinski definition) is 2. The van der Waals surface area contributed by atoms with E-state index in [1.54, 1.807) is 0 Å². The molecule has 0 aromatic heterocycles. The van der Waals surface area contributed by atoms with Crippen LogP contribution in [-0.2, 0) is 0 Å². The first kappa shape index (κ1) is 27.3. The van der Waals surface area contributed by atoms with Crippen LogP contribution in [0.1, 0.15) is 90.4 Å². The predicted octanol–water partition coefficient (Wildman–Crippen LogP) is 4.88. The van der Waals surface area contributed by atoms with Crippen molar-refractivity contribution in [2.45, 2.75) is 90.4 Å². The summed E-state index contributed by atoms with van der Waals surface area (Å²) in [6.07, 6.45) is 17.4. The van der Waals surface area contributed by atoms with Crippen molar-refractivity contribution in [3.8, 4) is 0 Å². The SMILES string of the molecule is CCCCCCCCCCCCC(CCCN)C[N+](C)(C)O.O=[N+]([O-])[O-]. The highest BCUT2D eigenvalue weighted by atomic mass is 16.9. The van der Waals surface area contributed by atoms with Crippen LogP contribution in [-0.4, -0.2) is 42.1 Å². The molecule has 0 aliphatic carbocycles. The highest BCUT2D eigenvalue weighted by molar-refractivity contribution is 4.60. The minimum absolute atomic E-state index is 0.0903. The molecule has 7 heteroatoms. The Hall–Kier alpha value is -0.920. The van der Waals surface area contributed by atoms with Crippen LogP contribution < -0.4 is 5.73 Å². The average molecular weight is 378 g/mol. The van der Waals surface area contributed by atoms with E-state index in [4.69, 9.17) is 21.1 Å². The largest absolute Gasteiger partial charge is 0.356 e. The number of rotatable bonds is 16. The molecule has 0 aromatic rings.